The van der Waals surface area contributed by atoms with Gasteiger partial charge in [-0.25, -0.2) is 4.68 Å². The van der Waals surface area contributed by atoms with Gasteiger partial charge in [-0.15, -0.1) is 5.10 Å². The van der Waals surface area contributed by atoms with Gasteiger partial charge in [0.25, 0.3) is 0 Å². The average molecular weight is 288 g/mol. The second-order valence-corrected chi connectivity index (χ2v) is 5.01. The van der Waals surface area contributed by atoms with Crippen LogP contribution in [-0.4, -0.2) is 31.3 Å². The molecule has 0 fully saturated rings. The first-order chi connectivity index (χ1) is 10.2. The van der Waals surface area contributed by atoms with Crippen LogP contribution in [0.25, 0.3) is 0 Å². The molecule has 1 heterocycles. The summed E-state index contributed by atoms with van der Waals surface area (Å²) in [5.74, 6) is -0.0306. The van der Waals surface area contributed by atoms with Gasteiger partial charge in [-0.05, 0) is 28.8 Å². The molecule has 2 rings (SSSR count). The number of benzene rings is 1. The molecule has 2 aromatic rings. The van der Waals surface area contributed by atoms with Gasteiger partial charge in [-0.3, -0.25) is 4.79 Å². The third kappa shape index (κ3) is 3.45. The molecule has 1 N–H and O–H groups in total. The van der Waals surface area contributed by atoms with Gasteiger partial charge in [0.15, 0.2) is 5.82 Å². The quantitative estimate of drug-likeness (QED) is 0.847. The van der Waals surface area contributed by atoms with Crippen molar-refractivity contribution in [2.75, 3.05) is 0 Å². The van der Waals surface area contributed by atoms with Gasteiger partial charge in [0.2, 0.25) is 0 Å². The molecule has 2 unspecified atom stereocenters. The predicted octanol–water partition coefficient (Wildman–Crippen LogP) is 2.64. The van der Waals surface area contributed by atoms with Crippen molar-refractivity contribution in [3.05, 3.63) is 41.7 Å². The molecule has 0 amide bonds. The number of aliphatic carboxylic acids is 1. The van der Waals surface area contributed by atoms with Crippen LogP contribution in [0.1, 0.15) is 56.5 Å². The number of hydrogen-bond acceptors (Lipinski definition) is 4. The van der Waals surface area contributed by atoms with Crippen LogP contribution in [0.3, 0.4) is 0 Å². The maximum atomic E-state index is 11.0. The van der Waals surface area contributed by atoms with Gasteiger partial charge < -0.3 is 5.11 Å². The van der Waals surface area contributed by atoms with Gasteiger partial charge >= 0.3 is 5.97 Å². The fraction of sp³-hybridized carbons (Fsp3) is 0.467. The first-order valence-electron chi connectivity index (χ1n) is 7.21. The lowest BCUT2D eigenvalue weighted by Crippen LogP contribution is -2.19. The van der Waals surface area contributed by atoms with E-state index in [1.807, 2.05) is 37.3 Å². The minimum absolute atomic E-state index is 0.0275. The minimum atomic E-state index is -0.837. The summed E-state index contributed by atoms with van der Waals surface area (Å²) in [6, 6.07) is 9.82. The van der Waals surface area contributed by atoms with Gasteiger partial charge in [0.05, 0.1) is 12.5 Å². The molecule has 2 atom stereocenters. The van der Waals surface area contributed by atoms with E-state index < -0.39 is 5.97 Å². The number of nitrogens with zero attached hydrogens (tertiary/aromatic N) is 4. The third-order valence-corrected chi connectivity index (χ3v) is 3.67. The number of carboxylic acids is 1. The van der Waals surface area contributed by atoms with E-state index >= 15 is 0 Å². The fourth-order valence-corrected chi connectivity index (χ4v) is 2.55. The molecule has 0 spiro atoms. The molecule has 1 aromatic heterocycles. The Morgan fingerprint density at radius 3 is 2.52 bits per heavy atom. The van der Waals surface area contributed by atoms with Gasteiger partial charge in [0.1, 0.15) is 0 Å². The maximum Gasteiger partial charge on any atom is 0.305 e. The van der Waals surface area contributed by atoms with E-state index in [2.05, 4.69) is 22.4 Å². The largest absolute Gasteiger partial charge is 0.481 e. The summed E-state index contributed by atoms with van der Waals surface area (Å²) < 4.78 is 1.68. The Labute approximate surface area is 123 Å². The van der Waals surface area contributed by atoms with Crippen molar-refractivity contribution in [2.45, 2.75) is 45.1 Å². The Morgan fingerprint density at radius 2 is 1.95 bits per heavy atom. The molecule has 0 aliphatic heterocycles. The highest BCUT2D eigenvalue weighted by atomic mass is 16.4. The van der Waals surface area contributed by atoms with Crippen molar-refractivity contribution in [1.82, 2.24) is 20.2 Å². The Kier molecular flexibility index (Phi) is 5.03. The maximum absolute atomic E-state index is 11.0. The van der Waals surface area contributed by atoms with Crippen LogP contribution in [0.5, 0.6) is 0 Å². The van der Waals surface area contributed by atoms with Crippen molar-refractivity contribution in [2.24, 2.45) is 0 Å². The molecule has 0 aliphatic carbocycles. The summed E-state index contributed by atoms with van der Waals surface area (Å²) in [6.07, 6.45) is 1.56. The van der Waals surface area contributed by atoms with E-state index in [9.17, 15) is 4.79 Å². The van der Waals surface area contributed by atoms with Gasteiger partial charge in [0, 0.05) is 5.92 Å². The van der Waals surface area contributed by atoms with E-state index in [-0.39, 0.29) is 18.4 Å². The van der Waals surface area contributed by atoms with Gasteiger partial charge in [-0.1, -0.05) is 44.2 Å². The molecule has 6 heteroatoms. The summed E-state index contributed by atoms with van der Waals surface area (Å²) in [5, 5.41) is 21.0. The number of carbonyl (C=O) groups is 1. The summed E-state index contributed by atoms with van der Waals surface area (Å²) >= 11 is 0. The zero-order chi connectivity index (χ0) is 15.2. The Bertz CT molecular complexity index is 582. The van der Waals surface area contributed by atoms with E-state index in [4.69, 9.17) is 5.11 Å². The lowest BCUT2D eigenvalue weighted by atomic mass is 9.95. The van der Waals surface area contributed by atoms with Crippen molar-refractivity contribution >= 4 is 5.97 Å². The van der Waals surface area contributed by atoms with Crippen LogP contribution in [0.4, 0.5) is 0 Å². The highest BCUT2D eigenvalue weighted by Gasteiger charge is 2.24. The molecule has 0 radical (unpaired) electrons. The second kappa shape index (κ2) is 6.97. The van der Waals surface area contributed by atoms with Crippen molar-refractivity contribution in [3.8, 4) is 0 Å². The SMILES string of the molecule is CCC(c1ccccc1)c1nnnn1C(CC)CC(=O)O. The van der Waals surface area contributed by atoms with Crippen LogP contribution in [-0.2, 0) is 4.79 Å². The monoisotopic (exact) mass is 288 g/mol. The van der Waals surface area contributed by atoms with E-state index in [0.29, 0.717) is 6.42 Å². The van der Waals surface area contributed by atoms with Crippen LogP contribution in [0, 0.1) is 0 Å². The molecular formula is C15H20N4O2. The molecule has 1 aromatic carbocycles. The van der Waals surface area contributed by atoms with Gasteiger partial charge in [-0.2, -0.15) is 0 Å². The topological polar surface area (TPSA) is 80.9 Å². The molecule has 21 heavy (non-hydrogen) atoms. The highest BCUT2D eigenvalue weighted by Crippen LogP contribution is 2.28. The molecule has 0 bridgehead atoms. The van der Waals surface area contributed by atoms with E-state index in [1.54, 1.807) is 4.68 Å². The average Bonchev–Trinajstić information content (AvgIpc) is 2.96. The fourth-order valence-electron chi connectivity index (χ4n) is 2.55. The predicted molar refractivity (Wildman–Crippen MR) is 78.0 cm³/mol. The molecule has 112 valence electrons. The first kappa shape index (κ1) is 15.2. The first-order valence-corrected chi connectivity index (χ1v) is 7.21. The molecule has 0 saturated carbocycles. The molecule has 6 nitrogen and oxygen atoms in total. The Balaban J connectivity index is 2.35. The number of carboxylic acid groups (broad SMARTS) is 1. The van der Waals surface area contributed by atoms with E-state index in [1.165, 1.54) is 0 Å². The third-order valence-electron chi connectivity index (χ3n) is 3.67. The smallest absolute Gasteiger partial charge is 0.305 e. The lowest BCUT2D eigenvalue weighted by Gasteiger charge is -2.19. The summed E-state index contributed by atoms with van der Waals surface area (Å²) in [7, 11) is 0. The standard InChI is InChI=1S/C15H20N4O2/c1-3-12(10-14(20)21)19-15(16-17-18-19)13(4-2)11-8-6-5-7-9-11/h5-9,12-13H,3-4,10H2,1-2H3,(H,20,21). The Hall–Kier alpha value is -2.24. The normalized spacial score (nSPS) is 13.8. The summed E-state index contributed by atoms with van der Waals surface area (Å²) in [5.41, 5.74) is 1.14. The number of aromatic nitrogens is 4. The lowest BCUT2D eigenvalue weighted by molar-refractivity contribution is -0.138. The van der Waals surface area contributed by atoms with Crippen molar-refractivity contribution in [1.29, 1.82) is 0 Å². The van der Waals surface area contributed by atoms with Crippen LogP contribution >= 0.6 is 0 Å². The summed E-state index contributed by atoms with van der Waals surface area (Å²) in [4.78, 5) is 11.0. The van der Waals surface area contributed by atoms with Crippen molar-refractivity contribution < 1.29 is 9.90 Å². The minimum Gasteiger partial charge on any atom is -0.481 e. The summed E-state index contributed by atoms with van der Waals surface area (Å²) in [6.45, 7) is 4.03. The number of rotatable bonds is 7. The highest BCUT2D eigenvalue weighted by molar-refractivity contribution is 5.67. The zero-order valence-corrected chi connectivity index (χ0v) is 12.3. The molecular weight excluding hydrogens is 268 g/mol. The number of tetrazole rings is 1. The van der Waals surface area contributed by atoms with Crippen molar-refractivity contribution in [3.63, 3.8) is 0 Å². The number of hydrogen-bond donors (Lipinski definition) is 1. The molecule has 0 saturated heterocycles. The Morgan fingerprint density at radius 1 is 1.24 bits per heavy atom. The van der Waals surface area contributed by atoms with Crippen LogP contribution < -0.4 is 0 Å². The zero-order valence-electron chi connectivity index (χ0n) is 12.3. The molecule has 0 aliphatic rings. The second-order valence-electron chi connectivity index (χ2n) is 5.01. The van der Waals surface area contributed by atoms with Crippen LogP contribution in [0.15, 0.2) is 30.3 Å². The van der Waals surface area contributed by atoms with E-state index in [0.717, 1.165) is 17.8 Å². The van der Waals surface area contributed by atoms with Crippen LogP contribution in [0.2, 0.25) is 0 Å².